The fourth-order valence-electron chi connectivity index (χ4n) is 1.43. The van der Waals surface area contributed by atoms with Gasteiger partial charge in [-0.05, 0) is 37.5 Å². The summed E-state index contributed by atoms with van der Waals surface area (Å²) in [6.45, 7) is 3.32. The molecule has 0 saturated heterocycles. The van der Waals surface area contributed by atoms with E-state index in [1.165, 1.54) is 6.07 Å². The summed E-state index contributed by atoms with van der Waals surface area (Å²) in [5.41, 5.74) is 6.29. The maximum Gasteiger partial charge on any atom is 0.188 e. The molecule has 0 radical (unpaired) electrons. The van der Waals surface area contributed by atoms with E-state index in [4.69, 9.17) is 5.73 Å². The fraction of sp³-hybridized carbons (Fsp3) is 0.417. The first-order chi connectivity index (χ1) is 8.13. The Kier molecular flexibility index (Phi) is 9.35. The van der Waals surface area contributed by atoms with Gasteiger partial charge in [0.1, 0.15) is 5.82 Å². The van der Waals surface area contributed by atoms with Crippen molar-refractivity contribution < 1.29 is 4.39 Å². The number of rotatable bonds is 5. The fourth-order valence-corrected chi connectivity index (χ4v) is 1.76. The first kappa shape index (κ1) is 17.6. The van der Waals surface area contributed by atoms with E-state index in [0.29, 0.717) is 24.5 Å². The molecule has 3 N–H and O–H groups in total. The SMILES string of the molecule is CCNC(N)=NCCCc1ccc(Br)cc1F.I. The zero-order valence-electron chi connectivity index (χ0n) is 10.2. The van der Waals surface area contributed by atoms with Crippen LogP contribution in [0.4, 0.5) is 4.39 Å². The minimum atomic E-state index is -0.178. The molecule has 0 aliphatic heterocycles. The van der Waals surface area contributed by atoms with Crippen molar-refractivity contribution in [3.63, 3.8) is 0 Å². The highest BCUT2D eigenvalue weighted by Gasteiger charge is 2.02. The Morgan fingerprint density at radius 2 is 2.22 bits per heavy atom. The summed E-state index contributed by atoms with van der Waals surface area (Å²) < 4.78 is 14.2. The van der Waals surface area contributed by atoms with Gasteiger partial charge in [-0.2, -0.15) is 0 Å². The molecule has 0 bridgehead atoms. The molecule has 6 heteroatoms. The summed E-state index contributed by atoms with van der Waals surface area (Å²) >= 11 is 3.23. The average molecular weight is 430 g/mol. The Morgan fingerprint density at radius 1 is 1.50 bits per heavy atom. The third-order valence-corrected chi connectivity index (χ3v) is 2.75. The largest absolute Gasteiger partial charge is 0.370 e. The summed E-state index contributed by atoms with van der Waals surface area (Å²) in [4.78, 5) is 4.13. The predicted octanol–water partition coefficient (Wildman–Crippen LogP) is 3.06. The van der Waals surface area contributed by atoms with Crippen LogP contribution in [-0.4, -0.2) is 19.0 Å². The number of nitrogens with two attached hydrogens (primary N) is 1. The van der Waals surface area contributed by atoms with E-state index in [1.807, 2.05) is 13.0 Å². The average Bonchev–Trinajstić information content (AvgIpc) is 2.27. The van der Waals surface area contributed by atoms with Crippen molar-refractivity contribution >= 4 is 45.9 Å². The summed E-state index contributed by atoms with van der Waals surface area (Å²) in [5.74, 6) is 0.270. The van der Waals surface area contributed by atoms with Gasteiger partial charge in [-0.1, -0.05) is 22.0 Å². The van der Waals surface area contributed by atoms with Crippen molar-refractivity contribution in [3.05, 3.63) is 34.1 Å². The minimum Gasteiger partial charge on any atom is -0.370 e. The second kappa shape index (κ2) is 9.55. The number of benzene rings is 1. The molecule has 0 aliphatic rings. The molecule has 0 fully saturated rings. The van der Waals surface area contributed by atoms with Crippen molar-refractivity contribution in [2.24, 2.45) is 10.7 Å². The molecular weight excluding hydrogens is 412 g/mol. The Hall–Kier alpha value is -0.370. The number of halogens is 3. The Labute approximate surface area is 133 Å². The Balaban J connectivity index is 0.00000289. The second-order valence-electron chi connectivity index (χ2n) is 3.64. The van der Waals surface area contributed by atoms with Gasteiger partial charge in [-0.15, -0.1) is 24.0 Å². The topological polar surface area (TPSA) is 50.4 Å². The molecular formula is C12H18BrFIN3. The molecule has 0 unspecified atom stereocenters. The predicted molar refractivity (Wildman–Crippen MR) is 88.0 cm³/mol. The number of hydrogen-bond acceptors (Lipinski definition) is 1. The molecule has 3 nitrogen and oxygen atoms in total. The van der Waals surface area contributed by atoms with Gasteiger partial charge >= 0.3 is 0 Å². The Bertz CT molecular complexity index is 399. The molecule has 0 amide bonds. The number of aryl methyl sites for hydroxylation is 1. The number of hydrogen-bond donors (Lipinski definition) is 2. The van der Waals surface area contributed by atoms with Gasteiger partial charge in [0.15, 0.2) is 5.96 Å². The highest BCUT2D eigenvalue weighted by atomic mass is 127. The lowest BCUT2D eigenvalue weighted by Crippen LogP contribution is -2.31. The molecule has 102 valence electrons. The summed E-state index contributed by atoms with van der Waals surface area (Å²) in [6, 6.07) is 5.11. The summed E-state index contributed by atoms with van der Waals surface area (Å²) in [7, 11) is 0. The standard InChI is InChI=1S/C12H17BrFN3.HI/c1-2-16-12(15)17-7-3-4-9-5-6-10(13)8-11(9)14;/h5-6,8H,2-4,7H2,1H3,(H3,15,16,17);1H. The third-order valence-electron chi connectivity index (χ3n) is 2.26. The normalized spacial score (nSPS) is 10.9. The van der Waals surface area contributed by atoms with Crippen molar-refractivity contribution in [2.45, 2.75) is 19.8 Å². The molecule has 0 atom stereocenters. The number of nitrogens with one attached hydrogen (secondary N) is 1. The van der Waals surface area contributed by atoms with Gasteiger partial charge in [0.2, 0.25) is 0 Å². The van der Waals surface area contributed by atoms with Crippen molar-refractivity contribution in [1.29, 1.82) is 0 Å². The van der Waals surface area contributed by atoms with Gasteiger partial charge in [-0.3, -0.25) is 4.99 Å². The number of aliphatic imine (C=N–C) groups is 1. The molecule has 1 aromatic carbocycles. The number of nitrogens with zero attached hydrogens (tertiary/aromatic N) is 1. The van der Waals surface area contributed by atoms with Gasteiger partial charge in [-0.25, -0.2) is 4.39 Å². The minimum absolute atomic E-state index is 0. The van der Waals surface area contributed by atoms with Gasteiger partial charge in [0.25, 0.3) is 0 Å². The van der Waals surface area contributed by atoms with Gasteiger partial charge < -0.3 is 11.1 Å². The van der Waals surface area contributed by atoms with E-state index in [2.05, 4.69) is 26.2 Å². The van der Waals surface area contributed by atoms with Crippen LogP contribution in [0.15, 0.2) is 27.7 Å². The number of guanidine groups is 1. The third kappa shape index (κ3) is 6.53. The van der Waals surface area contributed by atoms with E-state index in [-0.39, 0.29) is 29.8 Å². The van der Waals surface area contributed by atoms with E-state index in [0.717, 1.165) is 17.4 Å². The van der Waals surface area contributed by atoms with Gasteiger partial charge in [0, 0.05) is 17.6 Å². The van der Waals surface area contributed by atoms with Crippen LogP contribution in [0.3, 0.4) is 0 Å². The first-order valence-electron chi connectivity index (χ1n) is 5.61. The van der Waals surface area contributed by atoms with Crippen molar-refractivity contribution in [1.82, 2.24) is 5.32 Å². The van der Waals surface area contributed by atoms with Crippen molar-refractivity contribution in [3.8, 4) is 0 Å². The molecule has 1 rings (SSSR count). The maximum atomic E-state index is 13.5. The Morgan fingerprint density at radius 3 is 2.83 bits per heavy atom. The van der Waals surface area contributed by atoms with Crippen molar-refractivity contribution in [2.75, 3.05) is 13.1 Å². The van der Waals surface area contributed by atoms with Crippen LogP contribution >= 0.6 is 39.9 Å². The zero-order chi connectivity index (χ0) is 12.7. The first-order valence-corrected chi connectivity index (χ1v) is 6.40. The van der Waals surface area contributed by atoms with Gasteiger partial charge in [0.05, 0.1) is 0 Å². The van der Waals surface area contributed by atoms with E-state index in [9.17, 15) is 4.39 Å². The molecule has 1 aromatic rings. The van der Waals surface area contributed by atoms with Crippen LogP contribution in [0.2, 0.25) is 0 Å². The highest BCUT2D eigenvalue weighted by molar-refractivity contribution is 14.0. The lowest BCUT2D eigenvalue weighted by atomic mass is 10.1. The monoisotopic (exact) mass is 429 g/mol. The molecule has 0 spiro atoms. The lowest BCUT2D eigenvalue weighted by Gasteiger charge is -2.03. The molecule has 0 saturated carbocycles. The van der Waals surface area contributed by atoms with Crippen LogP contribution in [0.25, 0.3) is 0 Å². The molecule has 18 heavy (non-hydrogen) atoms. The summed E-state index contributed by atoms with van der Waals surface area (Å²) in [6.07, 6.45) is 1.45. The van der Waals surface area contributed by atoms with Crippen LogP contribution in [-0.2, 0) is 6.42 Å². The lowest BCUT2D eigenvalue weighted by molar-refractivity contribution is 0.604. The molecule has 0 aromatic heterocycles. The molecule has 0 heterocycles. The highest BCUT2D eigenvalue weighted by Crippen LogP contribution is 2.16. The van der Waals surface area contributed by atoms with E-state index in [1.54, 1.807) is 6.07 Å². The quantitative estimate of drug-likeness (QED) is 0.327. The molecule has 0 aliphatic carbocycles. The van der Waals surface area contributed by atoms with Crippen LogP contribution in [0.5, 0.6) is 0 Å². The van der Waals surface area contributed by atoms with E-state index >= 15 is 0 Å². The van der Waals surface area contributed by atoms with E-state index < -0.39 is 0 Å². The zero-order valence-corrected chi connectivity index (χ0v) is 14.2. The summed E-state index contributed by atoms with van der Waals surface area (Å²) in [5, 5.41) is 2.91. The maximum absolute atomic E-state index is 13.5. The van der Waals surface area contributed by atoms with Crippen LogP contribution in [0.1, 0.15) is 18.9 Å². The van der Waals surface area contributed by atoms with Crippen LogP contribution in [0, 0.1) is 5.82 Å². The second-order valence-corrected chi connectivity index (χ2v) is 4.55. The van der Waals surface area contributed by atoms with Crippen LogP contribution < -0.4 is 11.1 Å². The smallest absolute Gasteiger partial charge is 0.188 e.